The second kappa shape index (κ2) is 8.23. The molecule has 0 bridgehead atoms. The molecule has 2 fully saturated rings. The Morgan fingerprint density at radius 2 is 2.03 bits per heavy atom. The monoisotopic (exact) mass is 420 g/mol. The standard InChI is InChI=1S/C22H32N4O2.ClH/c1-13-7-8-26(15(9-13)12-23)21(27)16-10-17(14-5-6-14)24-20-19(16)18(25-28-20)11-22(2,3)4;/h10,13-15H,5-9,11-12,23H2,1-4H3;1H. The number of nitrogens with two attached hydrogens (primary N) is 1. The summed E-state index contributed by atoms with van der Waals surface area (Å²) in [6.07, 6.45) is 4.97. The number of carbonyl (C=O) groups is 1. The number of amides is 1. The van der Waals surface area contributed by atoms with Gasteiger partial charge in [-0.15, -0.1) is 12.4 Å². The molecule has 2 N–H and O–H groups in total. The minimum absolute atomic E-state index is 0. The zero-order valence-corrected chi connectivity index (χ0v) is 18.7. The maximum absolute atomic E-state index is 13.7. The lowest BCUT2D eigenvalue weighted by Crippen LogP contribution is -2.49. The highest BCUT2D eigenvalue weighted by atomic mass is 35.5. The second-order valence-electron chi connectivity index (χ2n) is 9.93. The van der Waals surface area contributed by atoms with Crippen molar-refractivity contribution in [3.8, 4) is 0 Å². The Labute approximate surface area is 179 Å². The van der Waals surface area contributed by atoms with Crippen LogP contribution in [0.4, 0.5) is 0 Å². The minimum Gasteiger partial charge on any atom is -0.336 e. The molecule has 0 radical (unpaired) electrons. The summed E-state index contributed by atoms with van der Waals surface area (Å²) in [6, 6.07) is 2.09. The van der Waals surface area contributed by atoms with Gasteiger partial charge in [0.2, 0.25) is 0 Å². The molecule has 3 heterocycles. The molecule has 2 unspecified atom stereocenters. The van der Waals surface area contributed by atoms with Gasteiger partial charge < -0.3 is 15.2 Å². The van der Waals surface area contributed by atoms with Gasteiger partial charge in [-0.25, -0.2) is 4.98 Å². The van der Waals surface area contributed by atoms with E-state index in [2.05, 4.69) is 32.9 Å². The van der Waals surface area contributed by atoms with E-state index in [1.807, 2.05) is 11.0 Å². The van der Waals surface area contributed by atoms with Gasteiger partial charge in [0.25, 0.3) is 11.6 Å². The molecule has 0 aromatic carbocycles. The van der Waals surface area contributed by atoms with Crippen LogP contribution in [-0.4, -0.2) is 40.1 Å². The summed E-state index contributed by atoms with van der Waals surface area (Å²) in [5.41, 5.74) is 9.06. The first-order valence-corrected chi connectivity index (χ1v) is 10.6. The summed E-state index contributed by atoms with van der Waals surface area (Å²) in [6.45, 7) is 9.98. The Morgan fingerprint density at radius 1 is 1.31 bits per heavy atom. The second-order valence-corrected chi connectivity index (χ2v) is 9.93. The fraction of sp³-hybridized carbons (Fsp3) is 0.682. The van der Waals surface area contributed by atoms with Crippen molar-refractivity contribution in [3.05, 3.63) is 23.0 Å². The molecule has 7 heteroatoms. The van der Waals surface area contributed by atoms with Crippen molar-refractivity contribution < 1.29 is 9.32 Å². The molecular formula is C22H33ClN4O2. The first-order chi connectivity index (χ1) is 13.3. The lowest BCUT2D eigenvalue weighted by atomic mass is 9.88. The van der Waals surface area contributed by atoms with Gasteiger partial charge in [0.1, 0.15) is 0 Å². The quantitative estimate of drug-likeness (QED) is 0.796. The van der Waals surface area contributed by atoms with E-state index in [1.54, 1.807) is 0 Å². The topological polar surface area (TPSA) is 85.2 Å². The number of pyridine rings is 1. The zero-order chi connectivity index (χ0) is 20.1. The molecule has 1 aliphatic carbocycles. The van der Waals surface area contributed by atoms with E-state index in [-0.39, 0.29) is 29.8 Å². The number of piperidine rings is 1. The average Bonchev–Trinajstić information content (AvgIpc) is 3.42. The van der Waals surface area contributed by atoms with E-state index in [9.17, 15) is 4.79 Å². The summed E-state index contributed by atoms with van der Waals surface area (Å²) in [4.78, 5) is 20.3. The van der Waals surface area contributed by atoms with Crippen LogP contribution in [0.25, 0.3) is 11.1 Å². The van der Waals surface area contributed by atoms with Crippen LogP contribution in [-0.2, 0) is 6.42 Å². The molecule has 0 spiro atoms. The molecule has 1 amide bonds. The maximum atomic E-state index is 13.7. The van der Waals surface area contributed by atoms with Crippen molar-refractivity contribution in [1.82, 2.24) is 15.0 Å². The number of rotatable bonds is 4. The average molecular weight is 421 g/mol. The first kappa shape index (κ1) is 22.0. The van der Waals surface area contributed by atoms with Crippen molar-refractivity contribution in [3.63, 3.8) is 0 Å². The van der Waals surface area contributed by atoms with Crippen LogP contribution < -0.4 is 5.73 Å². The number of halogens is 1. The highest BCUT2D eigenvalue weighted by Crippen LogP contribution is 2.41. The van der Waals surface area contributed by atoms with Gasteiger partial charge in [-0.2, -0.15) is 0 Å². The third-order valence-corrected chi connectivity index (χ3v) is 5.97. The van der Waals surface area contributed by atoms with Crippen LogP contribution in [0.3, 0.4) is 0 Å². The lowest BCUT2D eigenvalue weighted by Gasteiger charge is -2.38. The molecule has 2 aromatic rings. The largest absolute Gasteiger partial charge is 0.336 e. The fourth-order valence-corrected chi connectivity index (χ4v) is 4.31. The Kier molecular flexibility index (Phi) is 6.25. The van der Waals surface area contributed by atoms with Crippen molar-refractivity contribution in [2.24, 2.45) is 17.1 Å². The molecule has 160 valence electrons. The smallest absolute Gasteiger partial charge is 0.259 e. The van der Waals surface area contributed by atoms with Gasteiger partial charge in [-0.05, 0) is 49.5 Å². The van der Waals surface area contributed by atoms with Gasteiger partial charge in [-0.3, -0.25) is 4.79 Å². The molecule has 1 aliphatic heterocycles. The summed E-state index contributed by atoms with van der Waals surface area (Å²) < 4.78 is 5.61. The third kappa shape index (κ3) is 4.58. The molecule has 2 atom stereocenters. The zero-order valence-electron chi connectivity index (χ0n) is 17.9. The highest BCUT2D eigenvalue weighted by molar-refractivity contribution is 6.06. The lowest BCUT2D eigenvalue weighted by molar-refractivity contribution is 0.0575. The first-order valence-electron chi connectivity index (χ1n) is 10.6. The van der Waals surface area contributed by atoms with Crippen LogP contribution >= 0.6 is 12.4 Å². The summed E-state index contributed by atoms with van der Waals surface area (Å²) in [5, 5.41) is 5.10. The highest BCUT2D eigenvalue weighted by Gasteiger charge is 2.34. The number of nitrogens with zero attached hydrogens (tertiary/aromatic N) is 3. The van der Waals surface area contributed by atoms with Crippen molar-refractivity contribution in [2.45, 2.75) is 71.8 Å². The Morgan fingerprint density at radius 3 is 2.66 bits per heavy atom. The number of hydrogen-bond donors (Lipinski definition) is 1. The van der Waals surface area contributed by atoms with Crippen LogP contribution in [0.2, 0.25) is 0 Å². The number of fused-ring (bicyclic) bond motifs is 1. The van der Waals surface area contributed by atoms with Crippen LogP contribution in [0.1, 0.15) is 81.0 Å². The predicted molar refractivity (Wildman–Crippen MR) is 116 cm³/mol. The predicted octanol–water partition coefficient (Wildman–Crippen LogP) is 4.31. The van der Waals surface area contributed by atoms with Crippen LogP contribution in [0.15, 0.2) is 10.6 Å². The Bertz CT molecular complexity index is 885. The normalized spacial score (nSPS) is 22.6. The maximum Gasteiger partial charge on any atom is 0.259 e. The summed E-state index contributed by atoms with van der Waals surface area (Å²) in [7, 11) is 0. The third-order valence-electron chi connectivity index (χ3n) is 5.97. The number of likely N-dealkylation sites (tertiary alicyclic amines) is 1. The number of aromatic nitrogens is 2. The Balaban J connectivity index is 0.00000240. The SMILES string of the molecule is CC1CCN(C(=O)c2cc(C3CC3)nc3onc(CC(C)(C)C)c23)C(CN)C1.Cl. The molecule has 1 saturated carbocycles. The van der Waals surface area contributed by atoms with Crippen molar-refractivity contribution in [1.29, 1.82) is 0 Å². The molecule has 2 aliphatic rings. The van der Waals surface area contributed by atoms with Crippen molar-refractivity contribution >= 4 is 29.4 Å². The van der Waals surface area contributed by atoms with E-state index < -0.39 is 0 Å². The van der Waals surface area contributed by atoms with Gasteiger partial charge in [-0.1, -0.05) is 32.9 Å². The van der Waals surface area contributed by atoms with Gasteiger partial charge in [0, 0.05) is 30.7 Å². The summed E-state index contributed by atoms with van der Waals surface area (Å²) in [5.74, 6) is 1.10. The van der Waals surface area contributed by atoms with Gasteiger partial charge >= 0.3 is 0 Å². The van der Waals surface area contributed by atoms with Gasteiger partial charge in [0.15, 0.2) is 0 Å². The van der Waals surface area contributed by atoms with E-state index >= 15 is 0 Å². The molecule has 1 saturated heterocycles. The van der Waals surface area contributed by atoms with E-state index in [0.29, 0.717) is 29.7 Å². The van der Waals surface area contributed by atoms with Crippen LogP contribution in [0, 0.1) is 11.3 Å². The van der Waals surface area contributed by atoms with Crippen LogP contribution in [0.5, 0.6) is 0 Å². The fourth-order valence-electron chi connectivity index (χ4n) is 4.31. The van der Waals surface area contributed by atoms with E-state index in [4.69, 9.17) is 15.2 Å². The number of carbonyl (C=O) groups excluding carboxylic acids is 1. The van der Waals surface area contributed by atoms with Crippen molar-refractivity contribution in [2.75, 3.05) is 13.1 Å². The minimum atomic E-state index is 0. The molecule has 6 nitrogen and oxygen atoms in total. The molecule has 29 heavy (non-hydrogen) atoms. The molecule has 2 aromatic heterocycles. The number of hydrogen-bond acceptors (Lipinski definition) is 5. The molecule has 4 rings (SSSR count). The summed E-state index contributed by atoms with van der Waals surface area (Å²) >= 11 is 0. The Hall–Kier alpha value is -1.66. The van der Waals surface area contributed by atoms with Gasteiger partial charge in [0.05, 0.1) is 16.6 Å². The molecular weight excluding hydrogens is 388 g/mol. The van der Waals surface area contributed by atoms with E-state index in [0.717, 1.165) is 55.4 Å². The van der Waals surface area contributed by atoms with E-state index in [1.165, 1.54) is 0 Å².